The van der Waals surface area contributed by atoms with Crippen LogP contribution < -0.4 is 5.32 Å². The van der Waals surface area contributed by atoms with Crippen molar-refractivity contribution in [3.05, 3.63) is 36.4 Å². The maximum atomic E-state index is 9.38. The Kier molecular flexibility index (Phi) is 2.50. The third-order valence-electron chi connectivity index (χ3n) is 2.28. The summed E-state index contributed by atoms with van der Waals surface area (Å²) in [6.45, 7) is 4.21. The quantitative estimate of drug-likeness (QED) is 0.780. The van der Waals surface area contributed by atoms with E-state index in [0.717, 1.165) is 16.5 Å². The second kappa shape index (κ2) is 3.81. The van der Waals surface area contributed by atoms with Gasteiger partial charge in [0.05, 0.1) is 0 Å². The van der Waals surface area contributed by atoms with Crippen LogP contribution in [0.25, 0.3) is 10.8 Å². The smallest absolute Gasteiger partial charge is 0.116 e. The molecule has 0 unspecified atom stereocenters. The summed E-state index contributed by atoms with van der Waals surface area (Å²) in [7, 11) is 0. The molecule has 0 aliphatic carbocycles. The predicted octanol–water partition coefficient (Wildman–Crippen LogP) is 3.37. The first kappa shape index (κ1) is 9.84. The number of fused-ring (bicyclic) bond motifs is 1. The first-order valence-corrected chi connectivity index (χ1v) is 5.14. The number of anilines is 1. The van der Waals surface area contributed by atoms with Crippen LogP contribution in [0.1, 0.15) is 13.8 Å². The predicted molar refractivity (Wildman–Crippen MR) is 64.4 cm³/mol. The number of benzene rings is 2. The van der Waals surface area contributed by atoms with Crippen molar-refractivity contribution in [2.45, 2.75) is 19.9 Å². The Morgan fingerprint density at radius 3 is 2.47 bits per heavy atom. The maximum Gasteiger partial charge on any atom is 0.116 e. The van der Waals surface area contributed by atoms with Crippen molar-refractivity contribution in [2.75, 3.05) is 5.32 Å². The van der Waals surface area contributed by atoms with E-state index in [1.165, 1.54) is 0 Å². The fourth-order valence-corrected chi connectivity index (χ4v) is 1.66. The van der Waals surface area contributed by atoms with Gasteiger partial charge in [-0.3, -0.25) is 0 Å². The Balaban J connectivity index is 2.45. The average Bonchev–Trinajstić information content (AvgIpc) is 2.16. The molecule has 2 N–H and O–H groups in total. The van der Waals surface area contributed by atoms with Crippen molar-refractivity contribution in [2.24, 2.45) is 0 Å². The van der Waals surface area contributed by atoms with Crippen LogP contribution in [0.3, 0.4) is 0 Å². The summed E-state index contributed by atoms with van der Waals surface area (Å²) in [5.41, 5.74) is 1.09. The van der Waals surface area contributed by atoms with Gasteiger partial charge in [0.1, 0.15) is 5.75 Å². The largest absolute Gasteiger partial charge is 0.508 e. The molecule has 0 radical (unpaired) electrons. The lowest BCUT2D eigenvalue weighted by Gasteiger charge is -2.10. The van der Waals surface area contributed by atoms with Crippen molar-refractivity contribution in [1.29, 1.82) is 0 Å². The van der Waals surface area contributed by atoms with Crippen LogP contribution in [0.4, 0.5) is 5.69 Å². The monoisotopic (exact) mass is 201 g/mol. The van der Waals surface area contributed by atoms with Crippen molar-refractivity contribution >= 4 is 16.5 Å². The topological polar surface area (TPSA) is 32.3 Å². The van der Waals surface area contributed by atoms with Crippen LogP contribution in [0.5, 0.6) is 5.75 Å². The Morgan fingerprint density at radius 2 is 1.73 bits per heavy atom. The zero-order valence-corrected chi connectivity index (χ0v) is 8.99. The van der Waals surface area contributed by atoms with Gasteiger partial charge in [0.2, 0.25) is 0 Å². The Bertz CT molecular complexity index is 477. The molecule has 2 rings (SSSR count). The molecule has 0 fully saturated rings. The lowest BCUT2D eigenvalue weighted by Crippen LogP contribution is -2.09. The van der Waals surface area contributed by atoms with Crippen LogP contribution in [-0.2, 0) is 0 Å². The van der Waals surface area contributed by atoms with Crippen molar-refractivity contribution in [1.82, 2.24) is 0 Å². The van der Waals surface area contributed by atoms with Crippen molar-refractivity contribution in [3.63, 3.8) is 0 Å². The minimum atomic E-state index is 0.309. The number of aromatic hydroxyl groups is 1. The van der Waals surface area contributed by atoms with Gasteiger partial charge in [0, 0.05) is 11.7 Å². The molecule has 15 heavy (non-hydrogen) atoms. The first-order valence-electron chi connectivity index (χ1n) is 5.14. The number of phenols is 1. The van der Waals surface area contributed by atoms with Crippen LogP contribution in [0, 0.1) is 0 Å². The molecule has 78 valence electrons. The molecule has 0 bridgehead atoms. The minimum Gasteiger partial charge on any atom is -0.508 e. The maximum absolute atomic E-state index is 9.38. The average molecular weight is 201 g/mol. The fourth-order valence-electron chi connectivity index (χ4n) is 1.66. The van der Waals surface area contributed by atoms with E-state index < -0.39 is 0 Å². The van der Waals surface area contributed by atoms with Gasteiger partial charge in [-0.15, -0.1) is 0 Å². The summed E-state index contributed by atoms with van der Waals surface area (Å²) >= 11 is 0. The molecular weight excluding hydrogens is 186 g/mol. The summed E-state index contributed by atoms with van der Waals surface area (Å²) in [6.07, 6.45) is 0. The van der Waals surface area contributed by atoms with E-state index in [4.69, 9.17) is 0 Å². The minimum absolute atomic E-state index is 0.309. The standard InChI is InChI=1S/C13H15NO/c1-9(2)14-12-5-3-10-4-6-13(15)8-11(10)7-12/h3-9,14-15H,1-2H3. The second-order valence-electron chi connectivity index (χ2n) is 4.05. The molecule has 0 aliphatic rings. The van der Waals surface area contributed by atoms with Crippen molar-refractivity contribution in [3.8, 4) is 5.75 Å². The third kappa shape index (κ3) is 2.21. The summed E-state index contributed by atoms with van der Waals surface area (Å²) in [5.74, 6) is 0.309. The molecule has 0 amide bonds. The molecule has 0 aliphatic heterocycles. The Hall–Kier alpha value is -1.70. The van der Waals surface area contributed by atoms with Gasteiger partial charge in [-0.25, -0.2) is 0 Å². The van der Waals surface area contributed by atoms with E-state index in [9.17, 15) is 5.11 Å². The fraction of sp³-hybridized carbons (Fsp3) is 0.231. The highest BCUT2D eigenvalue weighted by molar-refractivity contribution is 5.86. The normalized spacial score (nSPS) is 10.9. The van der Waals surface area contributed by atoms with Gasteiger partial charge in [-0.1, -0.05) is 12.1 Å². The lowest BCUT2D eigenvalue weighted by molar-refractivity contribution is 0.476. The van der Waals surface area contributed by atoms with Gasteiger partial charge in [-0.05, 0) is 48.9 Å². The molecular formula is C13H15NO. The highest BCUT2D eigenvalue weighted by atomic mass is 16.3. The highest BCUT2D eigenvalue weighted by Gasteiger charge is 1.98. The van der Waals surface area contributed by atoms with E-state index in [-0.39, 0.29) is 0 Å². The summed E-state index contributed by atoms with van der Waals surface area (Å²) in [5, 5.41) is 14.9. The number of nitrogens with one attached hydrogen (secondary N) is 1. The van der Waals surface area contributed by atoms with Gasteiger partial charge in [0.25, 0.3) is 0 Å². The molecule has 0 spiro atoms. The summed E-state index contributed by atoms with van der Waals surface area (Å²) in [4.78, 5) is 0. The van der Waals surface area contributed by atoms with Crippen LogP contribution in [0.15, 0.2) is 36.4 Å². The van der Waals surface area contributed by atoms with E-state index in [2.05, 4.69) is 37.4 Å². The first-order chi connectivity index (χ1) is 7.15. The molecule has 2 aromatic carbocycles. The number of rotatable bonds is 2. The highest BCUT2D eigenvalue weighted by Crippen LogP contribution is 2.23. The van der Waals surface area contributed by atoms with Gasteiger partial charge in [-0.2, -0.15) is 0 Å². The zero-order valence-electron chi connectivity index (χ0n) is 8.99. The zero-order chi connectivity index (χ0) is 10.8. The molecule has 0 aromatic heterocycles. The van der Waals surface area contributed by atoms with E-state index >= 15 is 0 Å². The molecule has 2 nitrogen and oxygen atoms in total. The number of hydrogen-bond donors (Lipinski definition) is 2. The lowest BCUT2D eigenvalue weighted by atomic mass is 10.1. The summed E-state index contributed by atoms with van der Waals surface area (Å²) < 4.78 is 0. The third-order valence-corrected chi connectivity index (χ3v) is 2.28. The van der Waals surface area contributed by atoms with E-state index in [0.29, 0.717) is 11.8 Å². The molecule has 0 saturated heterocycles. The number of hydrogen-bond acceptors (Lipinski definition) is 2. The SMILES string of the molecule is CC(C)Nc1ccc2ccc(O)cc2c1. The summed E-state index contributed by atoms with van der Waals surface area (Å²) in [6, 6.07) is 12.0. The Labute approximate surface area is 89.6 Å². The van der Waals surface area contributed by atoms with Gasteiger partial charge in [0.15, 0.2) is 0 Å². The van der Waals surface area contributed by atoms with Gasteiger partial charge >= 0.3 is 0 Å². The number of phenolic OH excluding ortho intramolecular Hbond substituents is 1. The second-order valence-corrected chi connectivity index (χ2v) is 4.05. The molecule has 2 aromatic rings. The van der Waals surface area contributed by atoms with Crippen LogP contribution in [0.2, 0.25) is 0 Å². The molecule has 2 heteroatoms. The van der Waals surface area contributed by atoms with Crippen LogP contribution in [-0.4, -0.2) is 11.1 Å². The molecule has 0 heterocycles. The molecule has 0 atom stereocenters. The van der Waals surface area contributed by atoms with E-state index in [1.807, 2.05) is 6.07 Å². The van der Waals surface area contributed by atoms with Crippen LogP contribution >= 0.6 is 0 Å². The van der Waals surface area contributed by atoms with Crippen molar-refractivity contribution < 1.29 is 5.11 Å². The van der Waals surface area contributed by atoms with Gasteiger partial charge < -0.3 is 10.4 Å². The molecule has 0 saturated carbocycles. The van der Waals surface area contributed by atoms with E-state index in [1.54, 1.807) is 12.1 Å². The Morgan fingerprint density at radius 1 is 1.00 bits per heavy atom.